The monoisotopic (exact) mass is 327 g/mol. The van der Waals surface area contributed by atoms with Gasteiger partial charge in [0.25, 0.3) is 0 Å². The molecule has 0 unspecified atom stereocenters. The maximum absolute atomic E-state index is 11.9. The molecule has 4 nitrogen and oxygen atoms in total. The number of rotatable bonds is 8. The van der Waals surface area contributed by atoms with Crippen molar-refractivity contribution in [3.8, 4) is 5.75 Å². The molecule has 128 valence electrons. The molecule has 2 aromatic rings. The van der Waals surface area contributed by atoms with Gasteiger partial charge in [0.15, 0.2) is 0 Å². The Kier molecular flexibility index (Phi) is 6.82. The third-order valence-corrected chi connectivity index (χ3v) is 4.08. The summed E-state index contributed by atoms with van der Waals surface area (Å²) in [6.07, 6.45) is 1.12. The molecule has 0 fully saturated rings. The molecule has 0 spiro atoms. The summed E-state index contributed by atoms with van der Waals surface area (Å²) in [6.45, 7) is 5.09. The van der Waals surface area contributed by atoms with Gasteiger partial charge in [0, 0.05) is 6.54 Å². The lowest BCUT2D eigenvalue weighted by molar-refractivity contribution is -0.121. The van der Waals surface area contributed by atoms with Crippen LogP contribution in [0, 0.1) is 13.8 Å². The topological polar surface area (TPSA) is 58.6 Å². The second-order valence-electron chi connectivity index (χ2n) is 5.87. The number of nitrogens with one attached hydrogen (secondary N) is 1. The molecule has 4 heteroatoms. The normalized spacial score (nSPS) is 10.5. The van der Waals surface area contributed by atoms with Crippen molar-refractivity contribution in [2.75, 3.05) is 13.2 Å². The molecule has 0 heterocycles. The van der Waals surface area contributed by atoms with Crippen LogP contribution in [-0.2, 0) is 17.8 Å². The summed E-state index contributed by atoms with van der Waals surface area (Å²) in [5, 5.41) is 11.9. The Morgan fingerprint density at radius 1 is 1.08 bits per heavy atom. The van der Waals surface area contributed by atoms with Crippen molar-refractivity contribution in [1.82, 2.24) is 5.32 Å². The Balaban J connectivity index is 1.67. The highest BCUT2D eigenvalue weighted by Crippen LogP contribution is 2.20. The SMILES string of the molecule is Cc1cccc(OCCC(=O)NCCc2ccc(CO)cc2)c1C. The van der Waals surface area contributed by atoms with Crippen LogP contribution in [0.4, 0.5) is 0 Å². The van der Waals surface area contributed by atoms with Gasteiger partial charge in [-0.1, -0.05) is 36.4 Å². The number of aliphatic hydroxyl groups is 1. The molecule has 0 aliphatic rings. The molecule has 0 radical (unpaired) electrons. The van der Waals surface area contributed by atoms with Crippen LogP contribution in [0.1, 0.15) is 28.7 Å². The smallest absolute Gasteiger partial charge is 0.223 e. The first kappa shape index (κ1) is 18.0. The van der Waals surface area contributed by atoms with E-state index >= 15 is 0 Å². The molecule has 0 aliphatic heterocycles. The second-order valence-corrected chi connectivity index (χ2v) is 5.87. The van der Waals surface area contributed by atoms with E-state index < -0.39 is 0 Å². The second kappa shape index (κ2) is 9.08. The standard InChI is InChI=1S/C20H25NO3/c1-15-4-3-5-19(16(15)2)24-13-11-20(23)21-12-10-17-6-8-18(14-22)9-7-17/h3-9,22H,10-14H2,1-2H3,(H,21,23). The zero-order chi connectivity index (χ0) is 17.4. The zero-order valence-electron chi connectivity index (χ0n) is 14.3. The van der Waals surface area contributed by atoms with Crippen molar-refractivity contribution in [1.29, 1.82) is 0 Å². The molecule has 2 rings (SSSR count). The molecule has 24 heavy (non-hydrogen) atoms. The van der Waals surface area contributed by atoms with Crippen molar-refractivity contribution in [3.63, 3.8) is 0 Å². The highest BCUT2D eigenvalue weighted by molar-refractivity contribution is 5.76. The summed E-state index contributed by atoms with van der Waals surface area (Å²) < 4.78 is 5.69. The van der Waals surface area contributed by atoms with Crippen molar-refractivity contribution >= 4 is 5.91 Å². The first-order chi connectivity index (χ1) is 11.6. The number of hydrogen-bond donors (Lipinski definition) is 2. The van der Waals surface area contributed by atoms with Crippen LogP contribution >= 0.6 is 0 Å². The van der Waals surface area contributed by atoms with Crippen LogP contribution in [0.5, 0.6) is 5.75 Å². The van der Waals surface area contributed by atoms with E-state index in [0.29, 0.717) is 19.6 Å². The highest BCUT2D eigenvalue weighted by Gasteiger charge is 2.05. The summed E-state index contributed by atoms with van der Waals surface area (Å²) in [5.74, 6) is 0.832. The number of aliphatic hydroxyl groups excluding tert-OH is 1. The first-order valence-electron chi connectivity index (χ1n) is 8.24. The van der Waals surface area contributed by atoms with Gasteiger partial charge in [0.1, 0.15) is 5.75 Å². The van der Waals surface area contributed by atoms with Crippen molar-refractivity contribution in [2.45, 2.75) is 33.3 Å². The van der Waals surface area contributed by atoms with E-state index in [1.165, 1.54) is 5.56 Å². The highest BCUT2D eigenvalue weighted by atomic mass is 16.5. The molecule has 0 saturated carbocycles. The van der Waals surface area contributed by atoms with E-state index in [4.69, 9.17) is 9.84 Å². The van der Waals surface area contributed by atoms with Gasteiger partial charge in [0.05, 0.1) is 19.6 Å². The molecule has 0 atom stereocenters. The van der Waals surface area contributed by atoms with E-state index in [1.807, 2.05) is 56.3 Å². The average Bonchev–Trinajstić information content (AvgIpc) is 2.59. The minimum atomic E-state index is -0.00714. The zero-order valence-corrected chi connectivity index (χ0v) is 14.3. The molecule has 0 bridgehead atoms. The van der Waals surface area contributed by atoms with Gasteiger partial charge >= 0.3 is 0 Å². The van der Waals surface area contributed by atoms with Gasteiger partial charge in [0.2, 0.25) is 5.91 Å². The summed E-state index contributed by atoms with van der Waals surface area (Å²) in [7, 11) is 0. The number of hydrogen-bond acceptors (Lipinski definition) is 3. The molecule has 0 aromatic heterocycles. The van der Waals surface area contributed by atoms with E-state index in [9.17, 15) is 4.79 Å². The van der Waals surface area contributed by atoms with Gasteiger partial charge in [-0.15, -0.1) is 0 Å². The molecular weight excluding hydrogens is 302 g/mol. The van der Waals surface area contributed by atoms with Gasteiger partial charge < -0.3 is 15.2 Å². The number of benzene rings is 2. The van der Waals surface area contributed by atoms with E-state index in [1.54, 1.807) is 0 Å². The van der Waals surface area contributed by atoms with Crippen LogP contribution in [0.25, 0.3) is 0 Å². The maximum atomic E-state index is 11.9. The molecule has 1 amide bonds. The van der Waals surface area contributed by atoms with Crippen LogP contribution in [0.3, 0.4) is 0 Å². The molecule has 2 aromatic carbocycles. The average molecular weight is 327 g/mol. The predicted octanol–water partition coefficient (Wildman–Crippen LogP) is 2.92. The summed E-state index contributed by atoms with van der Waals surface area (Å²) in [4.78, 5) is 11.9. The van der Waals surface area contributed by atoms with Crippen LogP contribution < -0.4 is 10.1 Å². The Morgan fingerprint density at radius 3 is 2.50 bits per heavy atom. The lowest BCUT2D eigenvalue weighted by Crippen LogP contribution is -2.27. The Labute approximate surface area is 143 Å². The van der Waals surface area contributed by atoms with Gasteiger partial charge in [-0.3, -0.25) is 4.79 Å². The number of ether oxygens (including phenoxy) is 1. The Bertz CT molecular complexity index is 665. The third-order valence-electron chi connectivity index (χ3n) is 4.08. The first-order valence-corrected chi connectivity index (χ1v) is 8.24. The number of amides is 1. The largest absolute Gasteiger partial charge is 0.493 e. The third kappa shape index (κ3) is 5.39. The number of carbonyl (C=O) groups is 1. The fraction of sp³-hybridized carbons (Fsp3) is 0.350. The van der Waals surface area contributed by atoms with Crippen LogP contribution in [0.15, 0.2) is 42.5 Å². The Morgan fingerprint density at radius 2 is 1.79 bits per heavy atom. The lowest BCUT2D eigenvalue weighted by Gasteiger charge is -2.11. The van der Waals surface area contributed by atoms with Crippen molar-refractivity contribution in [3.05, 3.63) is 64.7 Å². The van der Waals surface area contributed by atoms with Gasteiger partial charge in [-0.2, -0.15) is 0 Å². The summed E-state index contributed by atoms with van der Waals surface area (Å²) in [6, 6.07) is 13.7. The summed E-state index contributed by atoms with van der Waals surface area (Å²) in [5.41, 5.74) is 4.33. The minimum Gasteiger partial charge on any atom is -0.493 e. The van der Waals surface area contributed by atoms with E-state index in [2.05, 4.69) is 5.32 Å². The maximum Gasteiger partial charge on any atom is 0.223 e. The quantitative estimate of drug-likeness (QED) is 0.784. The summed E-state index contributed by atoms with van der Waals surface area (Å²) >= 11 is 0. The van der Waals surface area contributed by atoms with E-state index in [0.717, 1.165) is 28.9 Å². The minimum absolute atomic E-state index is 0.00714. The Hall–Kier alpha value is -2.33. The number of carbonyl (C=O) groups excluding carboxylic acids is 1. The molecular formula is C20H25NO3. The van der Waals surface area contributed by atoms with Gasteiger partial charge in [-0.05, 0) is 48.6 Å². The molecule has 0 aliphatic carbocycles. The molecule has 0 saturated heterocycles. The van der Waals surface area contributed by atoms with Crippen LogP contribution in [-0.4, -0.2) is 24.2 Å². The fourth-order valence-corrected chi connectivity index (χ4v) is 2.38. The van der Waals surface area contributed by atoms with Crippen molar-refractivity contribution in [2.24, 2.45) is 0 Å². The fourth-order valence-electron chi connectivity index (χ4n) is 2.38. The van der Waals surface area contributed by atoms with E-state index in [-0.39, 0.29) is 12.5 Å². The predicted molar refractivity (Wildman–Crippen MR) is 95.1 cm³/mol. The van der Waals surface area contributed by atoms with Gasteiger partial charge in [-0.25, -0.2) is 0 Å². The number of aryl methyl sites for hydroxylation is 1. The van der Waals surface area contributed by atoms with Crippen LogP contribution in [0.2, 0.25) is 0 Å². The van der Waals surface area contributed by atoms with Crippen molar-refractivity contribution < 1.29 is 14.6 Å². The lowest BCUT2D eigenvalue weighted by atomic mass is 10.1. The molecule has 2 N–H and O–H groups in total.